The molecule has 2 N–H and O–H groups in total. The Morgan fingerprint density at radius 2 is 2.05 bits per heavy atom. The van der Waals surface area contributed by atoms with E-state index in [1.54, 1.807) is 4.88 Å². The van der Waals surface area contributed by atoms with Crippen molar-refractivity contribution in [3.63, 3.8) is 0 Å². The molecule has 1 aromatic heterocycles. The van der Waals surface area contributed by atoms with Crippen LogP contribution in [0.25, 0.3) is 10.8 Å². The van der Waals surface area contributed by atoms with Gasteiger partial charge in [-0.05, 0) is 35.2 Å². The smallest absolute Gasteiger partial charge is 0.125 e. The summed E-state index contributed by atoms with van der Waals surface area (Å²) in [5.74, 6) is 0.425. The van der Waals surface area contributed by atoms with E-state index in [-0.39, 0.29) is 0 Å². The van der Waals surface area contributed by atoms with Gasteiger partial charge in [-0.15, -0.1) is 11.3 Å². The Hall–Kier alpha value is -1.84. The molecule has 2 atom stereocenters. The summed E-state index contributed by atoms with van der Waals surface area (Å²) in [6.07, 6.45) is 1.15. The number of hydrogen-bond acceptors (Lipinski definition) is 2. The van der Waals surface area contributed by atoms with Crippen molar-refractivity contribution in [2.45, 2.75) is 25.9 Å². The van der Waals surface area contributed by atoms with Crippen molar-refractivity contribution in [1.82, 2.24) is 0 Å². The molecule has 0 bridgehead atoms. The molecule has 0 aliphatic carbocycles. The van der Waals surface area contributed by atoms with E-state index in [1.807, 2.05) is 23.5 Å². The maximum absolute atomic E-state index is 10.4. The molecular formula is C19H20NOS+. The van der Waals surface area contributed by atoms with Gasteiger partial charge in [0, 0.05) is 16.9 Å². The van der Waals surface area contributed by atoms with Crippen molar-refractivity contribution in [1.29, 1.82) is 0 Å². The SMILES string of the molecule is C[C@H]1c2ccsc2CC[NH+]1Cc1c(O)ccc2ccccc12. The maximum atomic E-state index is 10.4. The van der Waals surface area contributed by atoms with Crippen LogP contribution >= 0.6 is 11.3 Å². The first-order chi connectivity index (χ1) is 10.7. The third-order valence-electron chi connectivity index (χ3n) is 4.95. The number of rotatable bonds is 2. The minimum Gasteiger partial charge on any atom is -0.507 e. The van der Waals surface area contributed by atoms with Gasteiger partial charge in [-0.2, -0.15) is 0 Å². The lowest BCUT2D eigenvalue weighted by molar-refractivity contribution is -0.945. The third-order valence-corrected chi connectivity index (χ3v) is 5.95. The molecule has 0 amide bonds. The summed E-state index contributed by atoms with van der Waals surface area (Å²) in [6.45, 7) is 4.32. The first kappa shape index (κ1) is 13.8. The zero-order valence-corrected chi connectivity index (χ0v) is 13.5. The molecule has 0 saturated heterocycles. The standard InChI is InChI=1S/C19H19NOS/c1-13-15-9-11-22-19(15)8-10-20(13)12-17-16-5-3-2-4-14(16)6-7-18(17)21/h2-7,9,11,13,21H,8,10,12H2,1H3/p+1/t13-/m0/s1. The van der Waals surface area contributed by atoms with E-state index in [4.69, 9.17) is 0 Å². The summed E-state index contributed by atoms with van der Waals surface area (Å²) in [7, 11) is 0. The number of fused-ring (bicyclic) bond motifs is 2. The zero-order chi connectivity index (χ0) is 15.1. The predicted molar refractivity (Wildman–Crippen MR) is 91.6 cm³/mol. The minimum atomic E-state index is 0.425. The molecule has 0 fully saturated rings. The van der Waals surface area contributed by atoms with Crippen LogP contribution in [0.3, 0.4) is 0 Å². The fourth-order valence-electron chi connectivity index (χ4n) is 3.63. The first-order valence-corrected chi connectivity index (χ1v) is 8.72. The van der Waals surface area contributed by atoms with E-state index in [0.29, 0.717) is 11.8 Å². The predicted octanol–water partition coefficient (Wildman–Crippen LogP) is 3.31. The van der Waals surface area contributed by atoms with Gasteiger partial charge in [-0.3, -0.25) is 0 Å². The lowest BCUT2D eigenvalue weighted by Gasteiger charge is -2.31. The summed E-state index contributed by atoms with van der Waals surface area (Å²) in [5, 5.41) is 15.0. The van der Waals surface area contributed by atoms with Crippen molar-refractivity contribution in [2.75, 3.05) is 6.54 Å². The van der Waals surface area contributed by atoms with Gasteiger partial charge in [0.15, 0.2) is 0 Å². The molecule has 22 heavy (non-hydrogen) atoms. The Kier molecular flexibility index (Phi) is 3.40. The Bertz CT molecular complexity index is 823. The average Bonchev–Trinajstić information content (AvgIpc) is 3.02. The van der Waals surface area contributed by atoms with Gasteiger partial charge in [0.1, 0.15) is 18.3 Å². The number of phenolic OH excluding ortho intramolecular Hbond substituents is 1. The van der Waals surface area contributed by atoms with Crippen LogP contribution < -0.4 is 4.90 Å². The van der Waals surface area contributed by atoms with Crippen molar-refractivity contribution >= 4 is 22.1 Å². The Morgan fingerprint density at radius 3 is 2.95 bits per heavy atom. The highest BCUT2D eigenvalue weighted by Gasteiger charge is 2.29. The second kappa shape index (κ2) is 5.41. The van der Waals surface area contributed by atoms with Gasteiger partial charge in [0.2, 0.25) is 0 Å². The van der Waals surface area contributed by atoms with Crippen molar-refractivity contribution < 1.29 is 10.0 Å². The molecule has 0 radical (unpaired) electrons. The molecule has 2 aromatic carbocycles. The number of benzene rings is 2. The highest BCUT2D eigenvalue weighted by molar-refractivity contribution is 7.10. The number of thiophene rings is 1. The molecule has 0 saturated carbocycles. The van der Waals surface area contributed by atoms with E-state index in [9.17, 15) is 5.11 Å². The second-order valence-electron chi connectivity index (χ2n) is 6.14. The lowest BCUT2D eigenvalue weighted by Crippen LogP contribution is -3.11. The fraction of sp³-hybridized carbons (Fsp3) is 0.263. The van der Waals surface area contributed by atoms with Gasteiger partial charge in [0.05, 0.1) is 12.1 Å². The third kappa shape index (κ3) is 2.21. The molecule has 0 spiro atoms. The molecule has 3 heteroatoms. The van der Waals surface area contributed by atoms with Crippen LogP contribution in [0.5, 0.6) is 5.75 Å². The number of phenols is 1. The van der Waals surface area contributed by atoms with E-state index in [0.717, 1.165) is 25.1 Å². The molecule has 3 aromatic rings. The highest BCUT2D eigenvalue weighted by Crippen LogP contribution is 2.28. The molecule has 2 heterocycles. The summed E-state index contributed by atoms with van der Waals surface area (Å²) < 4.78 is 0. The van der Waals surface area contributed by atoms with Crippen LogP contribution in [0.4, 0.5) is 0 Å². The fourth-order valence-corrected chi connectivity index (χ4v) is 4.61. The summed E-state index contributed by atoms with van der Waals surface area (Å²) in [6, 6.07) is 14.9. The van der Waals surface area contributed by atoms with E-state index in [1.165, 1.54) is 21.2 Å². The maximum Gasteiger partial charge on any atom is 0.125 e. The van der Waals surface area contributed by atoms with Crippen LogP contribution in [0, 0.1) is 0 Å². The lowest BCUT2D eigenvalue weighted by atomic mass is 9.98. The molecule has 1 unspecified atom stereocenters. The Balaban J connectivity index is 1.71. The van der Waals surface area contributed by atoms with E-state index in [2.05, 4.69) is 42.6 Å². The second-order valence-corrected chi connectivity index (χ2v) is 7.14. The largest absolute Gasteiger partial charge is 0.507 e. The Morgan fingerprint density at radius 1 is 1.18 bits per heavy atom. The average molecular weight is 310 g/mol. The van der Waals surface area contributed by atoms with E-state index >= 15 is 0 Å². The molecular weight excluding hydrogens is 290 g/mol. The van der Waals surface area contributed by atoms with Crippen molar-refractivity contribution in [3.8, 4) is 5.75 Å². The number of quaternary nitrogens is 1. The van der Waals surface area contributed by atoms with Gasteiger partial charge in [0.25, 0.3) is 0 Å². The molecule has 4 rings (SSSR count). The summed E-state index contributed by atoms with van der Waals surface area (Å²) in [5.41, 5.74) is 2.57. The number of hydrogen-bond donors (Lipinski definition) is 2. The minimum absolute atomic E-state index is 0.425. The number of nitrogens with one attached hydrogen (secondary N) is 1. The van der Waals surface area contributed by atoms with Crippen LogP contribution in [0.15, 0.2) is 47.8 Å². The van der Waals surface area contributed by atoms with Crippen LogP contribution in [0.2, 0.25) is 0 Å². The first-order valence-electron chi connectivity index (χ1n) is 7.84. The quantitative estimate of drug-likeness (QED) is 0.746. The van der Waals surface area contributed by atoms with Gasteiger partial charge in [-0.25, -0.2) is 0 Å². The topological polar surface area (TPSA) is 24.7 Å². The number of aromatic hydroxyl groups is 1. The summed E-state index contributed by atoms with van der Waals surface area (Å²) in [4.78, 5) is 3.08. The van der Waals surface area contributed by atoms with Crippen molar-refractivity contribution in [3.05, 3.63) is 63.8 Å². The normalized spacial score (nSPS) is 21.0. The monoisotopic (exact) mass is 310 g/mol. The van der Waals surface area contributed by atoms with Gasteiger partial charge in [-0.1, -0.05) is 30.3 Å². The zero-order valence-electron chi connectivity index (χ0n) is 12.7. The Labute approximate surface area is 134 Å². The summed E-state index contributed by atoms with van der Waals surface area (Å²) >= 11 is 1.88. The van der Waals surface area contributed by atoms with E-state index < -0.39 is 0 Å². The van der Waals surface area contributed by atoms with Gasteiger partial charge < -0.3 is 10.0 Å². The van der Waals surface area contributed by atoms with Gasteiger partial charge >= 0.3 is 0 Å². The highest BCUT2D eigenvalue weighted by atomic mass is 32.1. The van der Waals surface area contributed by atoms with Crippen LogP contribution in [-0.2, 0) is 13.0 Å². The molecule has 1 aliphatic rings. The van der Waals surface area contributed by atoms with Crippen molar-refractivity contribution in [2.24, 2.45) is 0 Å². The molecule has 2 nitrogen and oxygen atoms in total. The van der Waals surface area contributed by atoms with Crippen LogP contribution in [0.1, 0.15) is 29.0 Å². The molecule has 1 aliphatic heterocycles. The molecule has 112 valence electrons. The van der Waals surface area contributed by atoms with Crippen LogP contribution in [-0.4, -0.2) is 11.7 Å².